The Hall–Kier alpha value is -2.28. The lowest BCUT2D eigenvalue weighted by atomic mass is 10.1. The number of fused-ring (bicyclic) bond motifs is 1. The van der Waals surface area contributed by atoms with Gasteiger partial charge in [-0.05, 0) is 43.9 Å². The van der Waals surface area contributed by atoms with Gasteiger partial charge >= 0.3 is 0 Å². The second-order valence-electron chi connectivity index (χ2n) is 6.32. The number of hydrogen-bond donors (Lipinski definition) is 1. The Morgan fingerprint density at radius 2 is 2.17 bits per heavy atom. The van der Waals surface area contributed by atoms with Crippen LogP contribution >= 0.6 is 11.3 Å². The zero-order valence-corrected chi connectivity index (χ0v) is 14.6. The number of rotatable bonds is 5. The van der Waals surface area contributed by atoms with Crippen LogP contribution in [-0.2, 0) is 11.2 Å². The molecule has 0 spiro atoms. The topological polar surface area (TPSA) is 72.2 Å². The maximum atomic E-state index is 12.2. The van der Waals surface area contributed by atoms with Crippen molar-refractivity contribution in [3.63, 3.8) is 0 Å². The number of nitrogens with one attached hydrogen (secondary N) is 1. The minimum Gasteiger partial charge on any atom is -0.326 e. The zero-order chi connectivity index (χ0) is 16.7. The molecule has 3 aromatic rings. The van der Waals surface area contributed by atoms with Crippen LogP contribution in [0, 0.1) is 13.8 Å². The first-order valence-corrected chi connectivity index (χ1v) is 9.00. The highest BCUT2D eigenvalue weighted by atomic mass is 32.1. The van der Waals surface area contributed by atoms with E-state index in [1.165, 1.54) is 29.7 Å². The van der Waals surface area contributed by atoms with Gasteiger partial charge in [-0.1, -0.05) is 23.5 Å². The Bertz CT molecular complexity index is 909. The summed E-state index contributed by atoms with van der Waals surface area (Å²) in [6.07, 6.45) is 3.38. The highest BCUT2D eigenvalue weighted by Crippen LogP contribution is 2.39. The number of benzene rings is 1. The normalized spacial score (nSPS) is 14.2. The first-order chi connectivity index (χ1) is 11.6. The zero-order valence-electron chi connectivity index (χ0n) is 13.7. The van der Waals surface area contributed by atoms with Crippen molar-refractivity contribution in [1.29, 1.82) is 0 Å². The summed E-state index contributed by atoms with van der Waals surface area (Å²) in [5.74, 6) is 1.49. The van der Waals surface area contributed by atoms with E-state index in [4.69, 9.17) is 0 Å². The summed E-state index contributed by atoms with van der Waals surface area (Å²) in [6.45, 7) is 4.06. The van der Waals surface area contributed by atoms with E-state index in [0.29, 0.717) is 18.8 Å². The van der Waals surface area contributed by atoms with Crippen LogP contribution in [-0.4, -0.2) is 25.7 Å². The smallest absolute Gasteiger partial charge is 0.234 e. The fourth-order valence-electron chi connectivity index (χ4n) is 2.69. The summed E-state index contributed by atoms with van der Waals surface area (Å²) in [6, 6.07) is 5.94. The minimum absolute atomic E-state index is 0.0112. The third-order valence-electron chi connectivity index (χ3n) is 4.44. The number of aryl methyl sites for hydroxylation is 2. The SMILES string of the molecule is Cc1cccc(NC(=O)CCc2nn3c(C4CC4)nnc3s2)c1C. The third kappa shape index (κ3) is 2.91. The number of hydrogen-bond acceptors (Lipinski definition) is 5. The predicted molar refractivity (Wildman–Crippen MR) is 93.5 cm³/mol. The van der Waals surface area contributed by atoms with E-state index in [1.54, 1.807) is 0 Å². The van der Waals surface area contributed by atoms with Crippen LogP contribution in [0.2, 0.25) is 0 Å². The van der Waals surface area contributed by atoms with Gasteiger partial charge in [-0.2, -0.15) is 9.61 Å². The Labute approximate surface area is 143 Å². The molecule has 1 amide bonds. The Balaban J connectivity index is 1.41. The van der Waals surface area contributed by atoms with Crippen molar-refractivity contribution >= 4 is 27.9 Å². The van der Waals surface area contributed by atoms with Gasteiger partial charge in [-0.15, -0.1) is 10.2 Å². The summed E-state index contributed by atoms with van der Waals surface area (Å²) >= 11 is 1.52. The number of carbonyl (C=O) groups is 1. The molecule has 124 valence electrons. The van der Waals surface area contributed by atoms with Crippen LogP contribution in [0.3, 0.4) is 0 Å². The molecule has 2 aromatic heterocycles. The third-order valence-corrected chi connectivity index (χ3v) is 5.40. The summed E-state index contributed by atoms with van der Waals surface area (Å²) in [7, 11) is 0. The molecule has 0 unspecified atom stereocenters. The van der Waals surface area contributed by atoms with Gasteiger partial charge < -0.3 is 5.32 Å². The van der Waals surface area contributed by atoms with Gasteiger partial charge in [0.25, 0.3) is 0 Å². The molecule has 1 aliphatic carbocycles. The second kappa shape index (κ2) is 5.98. The molecule has 0 aliphatic heterocycles. The van der Waals surface area contributed by atoms with Crippen molar-refractivity contribution < 1.29 is 4.79 Å². The summed E-state index contributed by atoms with van der Waals surface area (Å²) < 4.78 is 1.85. The van der Waals surface area contributed by atoms with E-state index in [1.807, 2.05) is 36.6 Å². The van der Waals surface area contributed by atoms with Gasteiger partial charge in [-0.25, -0.2) is 0 Å². The molecule has 4 rings (SSSR count). The standard InChI is InChI=1S/C17H19N5OS/c1-10-4-3-5-13(11(10)2)18-14(23)8-9-15-21-22-16(12-6-7-12)19-20-17(22)24-15/h3-5,12H,6-9H2,1-2H3,(H,18,23). The van der Waals surface area contributed by atoms with E-state index in [-0.39, 0.29) is 5.91 Å². The molecular weight excluding hydrogens is 322 g/mol. The van der Waals surface area contributed by atoms with Gasteiger partial charge in [-0.3, -0.25) is 4.79 Å². The van der Waals surface area contributed by atoms with E-state index in [0.717, 1.165) is 27.0 Å². The van der Waals surface area contributed by atoms with E-state index in [2.05, 4.69) is 20.6 Å². The number of anilines is 1. The lowest BCUT2D eigenvalue weighted by molar-refractivity contribution is -0.116. The lowest BCUT2D eigenvalue weighted by Gasteiger charge is -2.09. The number of carbonyl (C=O) groups excluding carboxylic acids is 1. The molecule has 1 aromatic carbocycles. The Morgan fingerprint density at radius 3 is 2.96 bits per heavy atom. The number of nitrogens with zero attached hydrogens (tertiary/aromatic N) is 4. The highest BCUT2D eigenvalue weighted by Gasteiger charge is 2.30. The van der Waals surface area contributed by atoms with E-state index in [9.17, 15) is 4.79 Å². The largest absolute Gasteiger partial charge is 0.326 e. The van der Waals surface area contributed by atoms with Crippen LogP contribution in [0.1, 0.15) is 47.1 Å². The van der Waals surface area contributed by atoms with Crippen LogP contribution < -0.4 is 5.32 Å². The van der Waals surface area contributed by atoms with E-state index < -0.39 is 0 Å². The van der Waals surface area contributed by atoms with Crippen molar-refractivity contribution in [2.75, 3.05) is 5.32 Å². The first-order valence-electron chi connectivity index (χ1n) is 8.19. The fourth-order valence-corrected chi connectivity index (χ4v) is 3.53. The Morgan fingerprint density at radius 1 is 1.33 bits per heavy atom. The maximum absolute atomic E-state index is 12.2. The average molecular weight is 341 g/mol. The summed E-state index contributed by atoms with van der Waals surface area (Å²) in [5.41, 5.74) is 3.17. The molecule has 0 radical (unpaired) electrons. The van der Waals surface area contributed by atoms with Crippen molar-refractivity contribution in [3.05, 3.63) is 40.2 Å². The molecule has 1 saturated carbocycles. The second-order valence-corrected chi connectivity index (χ2v) is 7.36. The molecule has 1 N–H and O–H groups in total. The number of aromatic nitrogens is 4. The summed E-state index contributed by atoms with van der Waals surface area (Å²) in [5, 5.41) is 16.9. The average Bonchev–Trinajstić information content (AvgIpc) is 3.19. The first kappa shape index (κ1) is 15.3. The van der Waals surface area contributed by atoms with Crippen molar-refractivity contribution in [2.24, 2.45) is 0 Å². The van der Waals surface area contributed by atoms with Crippen molar-refractivity contribution in [3.8, 4) is 0 Å². The molecular formula is C17H19N5OS. The molecule has 0 saturated heterocycles. The maximum Gasteiger partial charge on any atom is 0.234 e. The Kier molecular flexibility index (Phi) is 3.80. The van der Waals surface area contributed by atoms with Gasteiger partial charge in [0.2, 0.25) is 10.9 Å². The van der Waals surface area contributed by atoms with Crippen LogP contribution in [0.25, 0.3) is 4.96 Å². The minimum atomic E-state index is 0.0112. The van der Waals surface area contributed by atoms with Crippen LogP contribution in [0.4, 0.5) is 5.69 Å². The van der Waals surface area contributed by atoms with Gasteiger partial charge in [0.15, 0.2) is 5.82 Å². The molecule has 0 bridgehead atoms. The number of amides is 1. The van der Waals surface area contributed by atoms with Crippen molar-refractivity contribution in [2.45, 2.75) is 45.4 Å². The lowest BCUT2D eigenvalue weighted by Crippen LogP contribution is -2.13. The molecule has 0 atom stereocenters. The van der Waals surface area contributed by atoms with Gasteiger partial charge in [0.05, 0.1) is 0 Å². The quantitative estimate of drug-likeness (QED) is 0.773. The molecule has 6 nitrogen and oxygen atoms in total. The molecule has 2 heterocycles. The molecule has 1 fully saturated rings. The highest BCUT2D eigenvalue weighted by molar-refractivity contribution is 7.16. The van der Waals surface area contributed by atoms with Crippen LogP contribution in [0.15, 0.2) is 18.2 Å². The molecule has 1 aliphatic rings. The van der Waals surface area contributed by atoms with E-state index >= 15 is 0 Å². The predicted octanol–water partition coefficient (Wildman–Crippen LogP) is 3.25. The monoisotopic (exact) mass is 341 g/mol. The molecule has 7 heteroatoms. The molecule has 24 heavy (non-hydrogen) atoms. The van der Waals surface area contributed by atoms with Crippen molar-refractivity contribution in [1.82, 2.24) is 19.8 Å². The van der Waals surface area contributed by atoms with Crippen LogP contribution in [0.5, 0.6) is 0 Å². The fraction of sp³-hybridized carbons (Fsp3) is 0.412. The van der Waals surface area contributed by atoms with Gasteiger partial charge in [0, 0.05) is 24.4 Å². The summed E-state index contributed by atoms with van der Waals surface area (Å²) in [4.78, 5) is 13.0. The van der Waals surface area contributed by atoms with Gasteiger partial charge in [0.1, 0.15) is 5.01 Å².